The average molecular weight is 605 g/mol. The van der Waals surface area contributed by atoms with Crippen molar-refractivity contribution >= 4 is 21.6 Å². The van der Waals surface area contributed by atoms with Gasteiger partial charge in [-0.2, -0.15) is 13.2 Å². The number of methoxy groups -OCH3 is 1. The number of nitrogens with zero attached hydrogens (tertiary/aromatic N) is 1. The number of aliphatic hydroxyl groups excluding tert-OH is 1. The number of aromatic nitrogens is 2. The second-order valence-corrected chi connectivity index (χ2v) is 9.80. The first-order valence-electron chi connectivity index (χ1n) is 11.9. The molecule has 2 N–H and O–H groups in total. The molecule has 0 aliphatic rings. The molecule has 4 rings (SSSR count). The molecule has 0 fully saturated rings. The minimum absolute atomic E-state index is 0.106. The Morgan fingerprint density at radius 1 is 1.02 bits per heavy atom. The van der Waals surface area contributed by atoms with Crippen LogP contribution in [0.5, 0.6) is 23.0 Å². The second kappa shape index (κ2) is 11.1. The number of hydrogen-bond acceptors (Lipinski definition) is 7. The summed E-state index contributed by atoms with van der Waals surface area (Å²) in [6.07, 6.45) is -12.5. The van der Waals surface area contributed by atoms with Crippen LogP contribution in [-0.2, 0) is 13.0 Å². The lowest BCUT2D eigenvalue weighted by molar-refractivity contribution is -0.275. The number of alkyl halides is 6. The normalized spacial score (nSPS) is 12.9. The number of halogens is 6. The van der Waals surface area contributed by atoms with E-state index in [-0.39, 0.29) is 37.7 Å². The molecule has 0 unspecified atom stereocenters. The van der Waals surface area contributed by atoms with Crippen molar-refractivity contribution < 1.29 is 45.7 Å². The minimum Gasteiger partial charge on any atom is -0.496 e. The van der Waals surface area contributed by atoms with Crippen molar-refractivity contribution in [2.75, 3.05) is 7.11 Å². The maximum Gasteiger partial charge on any atom is 0.573 e. The van der Waals surface area contributed by atoms with Crippen LogP contribution in [0.25, 0.3) is 20.7 Å². The van der Waals surface area contributed by atoms with Crippen LogP contribution < -0.4 is 25.5 Å². The Labute approximate surface area is 231 Å². The van der Waals surface area contributed by atoms with Crippen molar-refractivity contribution in [3.8, 4) is 33.4 Å². The van der Waals surface area contributed by atoms with Crippen LogP contribution >= 0.6 is 11.3 Å². The number of aryl methyl sites for hydroxylation is 2. The first-order chi connectivity index (χ1) is 19.1. The van der Waals surface area contributed by atoms with Crippen LogP contribution in [-0.4, -0.2) is 40.4 Å². The van der Waals surface area contributed by atoms with Gasteiger partial charge in [0.25, 0.3) is 5.56 Å². The van der Waals surface area contributed by atoms with E-state index in [1.54, 1.807) is 12.1 Å². The highest BCUT2D eigenvalue weighted by molar-refractivity contribution is 7.22. The Morgan fingerprint density at radius 3 is 2.32 bits per heavy atom. The van der Waals surface area contributed by atoms with E-state index < -0.39 is 42.2 Å². The van der Waals surface area contributed by atoms with Gasteiger partial charge >= 0.3 is 18.2 Å². The SMILES string of the molecule is CCc1cc(Oc2ccc(-c3sc4c(c3C)c(=O)[nH]c(=O)n4C[C@@H](O)C(F)(F)F)cc2OC(F)(F)F)ccc1OC. The molecule has 41 heavy (non-hydrogen) atoms. The summed E-state index contributed by atoms with van der Waals surface area (Å²) in [6.45, 7) is 2.08. The standard InChI is InChI=1S/C26H22F6N2O6S/c1-4-13-9-15(6-8-16(13)38-3)39-17-7-5-14(10-18(17)40-26(30,31)32)21-12(2)20-22(36)33-24(37)34(23(20)41-21)11-19(35)25(27,28)29/h5-10,19,35H,4,11H2,1-3H3,(H,33,36,37)/t19-/m1/s1. The van der Waals surface area contributed by atoms with Gasteiger partial charge in [-0.15, -0.1) is 24.5 Å². The Balaban J connectivity index is 1.83. The lowest BCUT2D eigenvalue weighted by Crippen LogP contribution is -2.38. The Morgan fingerprint density at radius 2 is 1.71 bits per heavy atom. The fourth-order valence-corrected chi connectivity index (χ4v) is 5.46. The number of hydrogen-bond donors (Lipinski definition) is 2. The van der Waals surface area contributed by atoms with Gasteiger partial charge in [0, 0.05) is 4.88 Å². The summed E-state index contributed by atoms with van der Waals surface area (Å²) >= 11 is 0.703. The molecule has 15 heteroatoms. The molecule has 0 amide bonds. The highest BCUT2D eigenvalue weighted by Crippen LogP contribution is 2.43. The largest absolute Gasteiger partial charge is 0.573 e. The number of benzene rings is 2. The number of rotatable bonds is 8. The highest BCUT2D eigenvalue weighted by Gasteiger charge is 2.39. The van der Waals surface area contributed by atoms with Crippen molar-refractivity contribution in [1.82, 2.24) is 9.55 Å². The van der Waals surface area contributed by atoms with Gasteiger partial charge in [0.05, 0.1) is 19.0 Å². The van der Waals surface area contributed by atoms with E-state index in [2.05, 4.69) is 4.74 Å². The summed E-state index contributed by atoms with van der Waals surface area (Å²) in [4.78, 5) is 26.8. The number of H-pyrrole nitrogens is 1. The van der Waals surface area contributed by atoms with Gasteiger partial charge in [0.2, 0.25) is 0 Å². The molecule has 2 aromatic carbocycles. The molecule has 0 bridgehead atoms. The molecule has 1 atom stereocenters. The number of aliphatic hydroxyl groups is 1. The van der Waals surface area contributed by atoms with Crippen LogP contribution in [0.1, 0.15) is 18.1 Å². The third-order valence-corrected chi connectivity index (χ3v) is 7.46. The van der Waals surface area contributed by atoms with Crippen molar-refractivity contribution in [2.45, 2.75) is 45.5 Å². The van der Waals surface area contributed by atoms with Crippen LogP contribution in [0.4, 0.5) is 26.3 Å². The summed E-state index contributed by atoms with van der Waals surface area (Å²) < 4.78 is 94.7. The van der Waals surface area contributed by atoms with Gasteiger partial charge in [-0.1, -0.05) is 6.92 Å². The average Bonchev–Trinajstić information content (AvgIpc) is 3.23. The summed E-state index contributed by atoms with van der Waals surface area (Å²) in [5.74, 6) is -0.239. The lowest BCUT2D eigenvalue weighted by atomic mass is 10.1. The predicted octanol–water partition coefficient (Wildman–Crippen LogP) is 5.91. The fourth-order valence-electron chi connectivity index (χ4n) is 4.15. The van der Waals surface area contributed by atoms with Gasteiger partial charge in [0.1, 0.15) is 16.3 Å². The van der Waals surface area contributed by atoms with Crippen molar-refractivity contribution in [3.05, 3.63) is 68.4 Å². The minimum atomic E-state index is -5.11. The molecule has 0 aliphatic carbocycles. The third-order valence-electron chi connectivity index (χ3n) is 6.09. The molecule has 2 aromatic heterocycles. The molecular weight excluding hydrogens is 582 g/mol. The van der Waals surface area contributed by atoms with E-state index in [1.807, 2.05) is 11.9 Å². The van der Waals surface area contributed by atoms with Crippen molar-refractivity contribution in [3.63, 3.8) is 0 Å². The number of thiophene rings is 1. The predicted molar refractivity (Wildman–Crippen MR) is 138 cm³/mol. The first kappa shape index (κ1) is 30.0. The van der Waals surface area contributed by atoms with Crippen LogP contribution in [0, 0.1) is 6.92 Å². The quantitative estimate of drug-likeness (QED) is 0.243. The zero-order valence-electron chi connectivity index (χ0n) is 21.6. The summed E-state index contributed by atoms with van der Waals surface area (Å²) in [5, 5.41) is 9.38. The van der Waals surface area contributed by atoms with Crippen LogP contribution in [0.2, 0.25) is 0 Å². The van der Waals surface area contributed by atoms with E-state index in [4.69, 9.17) is 9.47 Å². The molecule has 0 radical (unpaired) electrons. The van der Waals surface area contributed by atoms with Crippen LogP contribution in [0.3, 0.4) is 0 Å². The van der Waals surface area contributed by atoms with E-state index in [9.17, 15) is 41.0 Å². The zero-order valence-corrected chi connectivity index (χ0v) is 22.4. The van der Waals surface area contributed by atoms with Gasteiger partial charge < -0.3 is 19.3 Å². The smallest absolute Gasteiger partial charge is 0.496 e. The van der Waals surface area contributed by atoms with E-state index >= 15 is 0 Å². The third kappa shape index (κ3) is 6.35. The molecule has 4 aromatic rings. The van der Waals surface area contributed by atoms with Gasteiger partial charge in [-0.05, 0) is 66.4 Å². The Kier molecular flexibility index (Phi) is 8.14. The van der Waals surface area contributed by atoms with E-state index in [1.165, 1.54) is 32.2 Å². The zero-order chi connectivity index (χ0) is 30.3. The first-order valence-corrected chi connectivity index (χ1v) is 12.7. The second-order valence-electron chi connectivity index (χ2n) is 8.80. The molecule has 0 saturated carbocycles. The van der Waals surface area contributed by atoms with Crippen molar-refractivity contribution in [2.24, 2.45) is 0 Å². The molecule has 0 spiro atoms. The summed E-state index contributed by atoms with van der Waals surface area (Å²) in [7, 11) is 1.48. The Bertz CT molecular complexity index is 1710. The fraction of sp³-hybridized carbons (Fsp3) is 0.308. The molecule has 8 nitrogen and oxygen atoms in total. The number of ether oxygens (including phenoxy) is 3. The van der Waals surface area contributed by atoms with Crippen LogP contribution in [0.15, 0.2) is 46.0 Å². The molecule has 0 aliphatic heterocycles. The monoisotopic (exact) mass is 604 g/mol. The maximum absolute atomic E-state index is 13.3. The summed E-state index contributed by atoms with van der Waals surface area (Å²) in [6, 6.07) is 8.29. The maximum atomic E-state index is 13.3. The van der Waals surface area contributed by atoms with E-state index in [0.717, 1.165) is 11.6 Å². The number of nitrogens with one attached hydrogen (secondary N) is 1. The van der Waals surface area contributed by atoms with Gasteiger partial charge in [-0.25, -0.2) is 4.79 Å². The molecule has 2 heterocycles. The Hall–Kier alpha value is -3.98. The molecule has 0 saturated heterocycles. The van der Waals surface area contributed by atoms with Gasteiger partial charge in [0.15, 0.2) is 17.6 Å². The topological polar surface area (TPSA) is 103 Å². The van der Waals surface area contributed by atoms with Gasteiger partial charge in [-0.3, -0.25) is 14.3 Å². The highest BCUT2D eigenvalue weighted by atomic mass is 32.1. The summed E-state index contributed by atoms with van der Waals surface area (Å²) in [5.41, 5.74) is -1.05. The molecular formula is C26H22F6N2O6S. The molecule has 220 valence electrons. The van der Waals surface area contributed by atoms with Crippen molar-refractivity contribution in [1.29, 1.82) is 0 Å². The number of aromatic amines is 1. The number of fused-ring (bicyclic) bond motifs is 1. The lowest BCUT2D eigenvalue weighted by Gasteiger charge is -2.16. The van der Waals surface area contributed by atoms with E-state index in [0.29, 0.717) is 28.1 Å².